The third kappa shape index (κ3) is 4.98. The van der Waals surface area contributed by atoms with E-state index in [4.69, 9.17) is 4.74 Å². The predicted octanol–water partition coefficient (Wildman–Crippen LogP) is 1.82. The van der Waals surface area contributed by atoms with E-state index in [9.17, 15) is 8.42 Å². The van der Waals surface area contributed by atoms with Gasteiger partial charge in [0.05, 0.1) is 6.26 Å². The summed E-state index contributed by atoms with van der Waals surface area (Å²) in [4.78, 5) is 0. The molecule has 2 rings (SSSR count). The van der Waals surface area contributed by atoms with Crippen LogP contribution in [0, 0.1) is 0 Å². The van der Waals surface area contributed by atoms with Crippen LogP contribution in [0.1, 0.15) is 38.3 Å². The highest BCUT2D eigenvalue weighted by molar-refractivity contribution is 7.88. The summed E-state index contributed by atoms with van der Waals surface area (Å²) in [7, 11) is -3.09. The summed E-state index contributed by atoms with van der Waals surface area (Å²) < 4.78 is 30.5. The molecule has 0 aliphatic carbocycles. The molecule has 0 spiro atoms. The van der Waals surface area contributed by atoms with Crippen LogP contribution in [0.5, 0.6) is 5.75 Å². The van der Waals surface area contributed by atoms with Gasteiger partial charge in [-0.1, -0.05) is 18.2 Å². The number of nitrogens with one attached hydrogen (secondary N) is 2. The Kier molecular flexibility index (Phi) is 4.91. The number of sulfonamides is 1. The maximum Gasteiger partial charge on any atom is 0.208 e. The fraction of sp³-hybridized carbons (Fsp3) is 0.600. The molecule has 1 unspecified atom stereocenters. The van der Waals surface area contributed by atoms with E-state index in [1.807, 2.05) is 18.2 Å². The molecule has 1 atom stereocenters. The second-order valence-corrected chi connectivity index (χ2v) is 7.96. The van der Waals surface area contributed by atoms with E-state index in [-0.39, 0.29) is 11.6 Å². The van der Waals surface area contributed by atoms with Crippen molar-refractivity contribution in [3.63, 3.8) is 0 Å². The smallest absolute Gasteiger partial charge is 0.208 e. The largest absolute Gasteiger partial charge is 0.487 e. The third-order valence-corrected chi connectivity index (χ3v) is 4.21. The molecule has 0 fully saturated rings. The van der Waals surface area contributed by atoms with Gasteiger partial charge in [-0.2, -0.15) is 0 Å². The van der Waals surface area contributed by atoms with Crippen molar-refractivity contribution in [1.29, 1.82) is 0 Å². The van der Waals surface area contributed by atoms with E-state index >= 15 is 0 Å². The van der Waals surface area contributed by atoms with Gasteiger partial charge < -0.3 is 10.1 Å². The van der Waals surface area contributed by atoms with Crippen LogP contribution in [-0.4, -0.2) is 33.4 Å². The van der Waals surface area contributed by atoms with Crippen LogP contribution in [-0.2, 0) is 10.0 Å². The van der Waals surface area contributed by atoms with Crippen LogP contribution in [0.15, 0.2) is 24.3 Å². The Balaban J connectivity index is 1.91. The summed E-state index contributed by atoms with van der Waals surface area (Å²) in [5.41, 5.74) is 0.977. The summed E-state index contributed by atoms with van der Waals surface area (Å²) in [6, 6.07) is 8.31. The van der Waals surface area contributed by atoms with Gasteiger partial charge in [0, 0.05) is 24.6 Å². The topological polar surface area (TPSA) is 67.4 Å². The van der Waals surface area contributed by atoms with Gasteiger partial charge in [0.15, 0.2) is 0 Å². The lowest BCUT2D eigenvalue weighted by Gasteiger charge is -2.38. The first-order valence-corrected chi connectivity index (χ1v) is 9.12. The van der Waals surface area contributed by atoms with Gasteiger partial charge in [0.1, 0.15) is 11.4 Å². The zero-order chi connectivity index (χ0) is 15.5. The predicted molar refractivity (Wildman–Crippen MR) is 84.0 cm³/mol. The fourth-order valence-electron chi connectivity index (χ4n) is 2.61. The van der Waals surface area contributed by atoms with Crippen LogP contribution < -0.4 is 14.8 Å². The van der Waals surface area contributed by atoms with E-state index in [0.29, 0.717) is 6.54 Å². The minimum atomic E-state index is -3.09. The van der Waals surface area contributed by atoms with Crippen LogP contribution in [0.2, 0.25) is 0 Å². The van der Waals surface area contributed by atoms with Crippen molar-refractivity contribution in [1.82, 2.24) is 10.0 Å². The van der Waals surface area contributed by atoms with E-state index in [0.717, 1.165) is 25.1 Å². The molecule has 0 amide bonds. The zero-order valence-electron chi connectivity index (χ0n) is 12.8. The Morgan fingerprint density at radius 3 is 2.71 bits per heavy atom. The van der Waals surface area contributed by atoms with E-state index in [1.165, 1.54) is 11.8 Å². The SMILES string of the molecule is CC1(C)CC(NCCCNS(C)(=O)=O)c2ccccc2O1. The number of benzene rings is 1. The van der Waals surface area contributed by atoms with Gasteiger partial charge in [-0.25, -0.2) is 13.1 Å². The van der Waals surface area contributed by atoms with Gasteiger partial charge >= 0.3 is 0 Å². The molecule has 118 valence electrons. The van der Waals surface area contributed by atoms with E-state index in [1.54, 1.807) is 0 Å². The van der Waals surface area contributed by atoms with Crippen molar-refractivity contribution in [2.24, 2.45) is 0 Å². The molecule has 0 bridgehead atoms. The first-order chi connectivity index (χ1) is 9.77. The number of rotatable bonds is 6. The molecule has 6 heteroatoms. The molecule has 1 aromatic carbocycles. The molecule has 0 radical (unpaired) electrons. The van der Waals surface area contributed by atoms with Gasteiger partial charge in [-0.15, -0.1) is 0 Å². The van der Waals surface area contributed by atoms with Gasteiger partial charge in [-0.3, -0.25) is 0 Å². The second-order valence-electron chi connectivity index (χ2n) is 6.13. The first-order valence-electron chi connectivity index (χ1n) is 7.23. The van der Waals surface area contributed by atoms with Gasteiger partial charge in [0.2, 0.25) is 10.0 Å². The number of hydrogen-bond donors (Lipinski definition) is 2. The Bertz CT molecular complexity index is 584. The molecule has 5 nitrogen and oxygen atoms in total. The first kappa shape index (κ1) is 16.3. The molecule has 1 heterocycles. The van der Waals surface area contributed by atoms with Gasteiger partial charge in [0.25, 0.3) is 0 Å². The molecule has 0 saturated heterocycles. The summed E-state index contributed by atoms with van der Waals surface area (Å²) in [6.07, 6.45) is 2.83. The van der Waals surface area contributed by atoms with E-state index in [2.05, 4.69) is 30.0 Å². The molecule has 1 aliphatic rings. The number of ether oxygens (including phenoxy) is 1. The van der Waals surface area contributed by atoms with Crippen LogP contribution in [0.3, 0.4) is 0 Å². The lowest BCUT2D eigenvalue weighted by atomic mass is 9.89. The molecule has 0 saturated carbocycles. The third-order valence-electron chi connectivity index (χ3n) is 3.48. The average molecular weight is 312 g/mol. The lowest BCUT2D eigenvalue weighted by Crippen LogP contribution is -2.40. The van der Waals surface area contributed by atoms with Crippen LogP contribution in [0.4, 0.5) is 0 Å². The highest BCUT2D eigenvalue weighted by atomic mass is 32.2. The number of hydrogen-bond acceptors (Lipinski definition) is 4. The molecular weight excluding hydrogens is 288 g/mol. The van der Waals surface area contributed by atoms with Crippen molar-refractivity contribution < 1.29 is 13.2 Å². The second kappa shape index (κ2) is 6.34. The summed E-state index contributed by atoms with van der Waals surface area (Å²) in [5.74, 6) is 0.931. The van der Waals surface area contributed by atoms with Crippen molar-refractivity contribution >= 4 is 10.0 Å². The quantitative estimate of drug-likeness (QED) is 0.786. The Morgan fingerprint density at radius 1 is 1.29 bits per heavy atom. The fourth-order valence-corrected chi connectivity index (χ4v) is 3.12. The molecule has 0 aromatic heterocycles. The maximum absolute atomic E-state index is 11.0. The van der Waals surface area contributed by atoms with Crippen molar-refractivity contribution in [2.75, 3.05) is 19.3 Å². The Labute approximate surface area is 127 Å². The van der Waals surface area contributed by atoms with Gasteiger partial charge in [-0.05, 0) is 32.9 Å². The minimum absolute atomic E-state index is 0.197. The Morgan fingerprint density at radius 2 is 2.00 bits per heavy atom. The summed E-state index contributed by atoms with van der Waals surface area (Å²) in [5, 5.41) is 3.50. The number of fused-ring (bicyclic) bond motifs is 1. The van der Waals surface area contributed by atoms with Crippen LogP contribution >= 0.6 is 0 Å². The average Bonchev–Trinajstić information content (AvgIpc) is 2.35. The highest BCUT2D eigenvalue weighted by Crippen LogP contribution is 2.38. The minimum Gasteiger partial charge on any atom is -0.487 e. The molecule has 1 aromatic rings. The van der Waals surface area contributed by atoms with E-state index < -0.39 is 10.0 Å². The van der Waals surface area contributed by atoms with Crippen LogP contribution in [0.25, 0.3) is 0 Å². The van der Waals surface area contributed by atoms with Crippen molar-refractivity contribution in [2.45, 2.75) is 38.3 Å². The van der Waals surface area contributed by atoms with Crippen molar-refractivity contribution in [3.05, 3.63) is 29.8 Å². The van der Waals surface area contributed by atoms with Crippen molar-refractivity contribution in [3.8, 4) is 5.75 Å². The standard InChI is InChI=1S/C15H24N2O3S/c1-15(2)11-13(12-7-4-5-8-14(12)20-15)16-9-6-10-17-21(3,18)19/h4-5,7-8,13,16-17H,6,9-11H2,1-3H3. The maximum atomic E-state index is 11.0. The normalized spacial score (nSPS) is 20.6. The monoisotopic (exact) mass is 312 g/mol. The zero-order valence-corrected chi connectivity index (χ0v) is 13.7. The Hall–Kier alpha value is -1.11. The lowest BCUT2D eigenvalue weighted by molar-refractivity contribution is 0.0661. The summed E-state index contributed by atoms with van der Waals surface area (Å²) >= 11 is 0. The molecule has 21 heavy (non-hydrogen) atoms. The number of para-hydroxylation sites is 1. The molecule has 2 N–H and O–H groups in total. The highest BCUT2D eigenvalue weighted by Gasteiger charge is 2.32. The molecular formula is C15H24N2O3S. The molecule has 1 aliphatic heterocycles. The summed E-state index contributed by atoms with van der Waals surface area (Å²) in [6.45, 7) is 5.39.